The molecule has 2 amide bonds. The fourth-order valence-electron chi connectivity index (χ4n) is 3.36. The molecule has 0 unspecified atom stereocenters. The van der Waals surface area contributed by atoms with E-state index in [9.17, 15) is 9.59 Å². The van der Waals surface area contributed by atoms with Crippen LogP contribution in [-0.2, 0) is 13.2 Å². The number of carbonyl (C=O) groups is 2. The Kier molecular flexibility index (Phi) is 6.98. The van der Waals surface area contributed by atoms with Crippen LogP contribution in [-0.4, -0.2) is 21.6 Å². The van der Waals surface area contributed by atoms with Crippen molar-refractivity contribution in [1.82, 2.24) is 9.78 Å². The number of nitrogens with one attached hydrogen (secondary N) is 2. The molecule has 4 rings (SSSR count). The predicted octanol–water partition coefficient (Wildman–Crippen LogP) is 5.54. The number of aromatic nitrogens is 2. The van der Waals surface area contributed by atoms with Gasteiger partial charge in [-0.1, -0.05) is 29.8 Å². The lowest BCUT2D eigenvalue weighted by atomic mass is 10.2. The number of aryl methyl sites for hydroxylation is 2. The Morgan fingerprint density at radius 1 is 1.03 bits per heavy atom. The lowest BCUT2D eigenvalue weighted by Crippen LogP contribution is -2.17. The fraction of sp³-hybridized carbons (Fsp3) is 0.160. The largest absolute Gasteiger partial charge is 0.484 e. The van der Waals surface area contributed by atoms with Crippen molar-refractivity contribution in [1.29, 1.82) is 0 Å². The Morgan fingerprint density at radius 3 is 2.50 bits per heavy atom. The number of anilines is 2. The number of amides is 2. The molecule has 0 aliphatic carbocycles. The van der Waals surface area contributed by atoms with Crippen molar-refractivity contribution >= 4 is 34.8 Å². The smallest absolute Gasteiger partial charge is 0.291 e. The molecule has 0 spiro atoms. The highest BCUT2D eigenvalue weighted by Crippen LogP contribution is 2.29. The van der Waals surface area contributed by atoms with Crippen LogP contribution < -0.4 is 15.4 Å². The first-order valence-electron chi connectivity index (χ1n) is 10.7. The van der Waals surface area contributed by atoms with Crippen molar-refractivity contribution in [3.63, 3.8) is 0 Å². The summed E-state index contributed by atoms with van der Waals surface area (Å²) >= 11 is 6.18. The summed E-state index contributed by atoms with van der Waals surface area (Å²) in [6.45, 7) is 4.52. The molecule has 8 nitrogen and oxygen atoms in total. The molecule has 0 aliphatic rings. The highest BCUT2D eigenvalue weighted by Gasteiger charge is 2.15. The van der Waals surface area contributed by atoms with Crippen molar-refractivity contribution in [2.75, 3.05) is 10.6 Å². The number of para-hydroxylation sites is 1. The zero-order chi connectivity index (χ0) is 24.1. The molecule has 0 atom stereocenters. The lowest BCUT2D eigenvalue weighted by molar-refractivity contribution is 0.0990. The second-order valence-electron chi connectivity index (χ2n) is 7.46. The number of hydrogen-bond acceptors (Lipinski definition) is 5. The number of halogens is 1. The summed E-state index contributed by atoms with van der Waals surface area (Å²) in [5.41, 5.74) is 2.40. The zero-order valence-corrected chi connectivity index (χ0v) is 19.4. The van der Waals surface area contributed by atoms with Crippen molar-refractivity contribution in [2.45, 2.75) is 27.0 Å². The van der Waals surface area contributed by atoms with Gasteiger partial charge in [0, 0.05) is 24.1 Å². The van der Waals surface area contributed by atoms with Gasteiger partial charge in [-0.15, -0.1) is 0 Å². The van der Waals surface area contributed by atoms with Gasteiger partial charge in [-0.05, 0) is 61.9 Å². The Bertz CT molecular complexity index is 1310. The second-order valence-corrected chi connectivity index (χ2v) is 7.87. The maximum Gasteiger partial charge on any atom is 0.291 e. The third-order valence-corrected chi connectivity index (χ3v) is 5.33. The van der Waals surface area contributed by atoms with Crippen molar-refractivity contribution in [2.24, 2.45) is 0 Å². The Morgan fingerprint density at radius 2 is 1.76 bits per heavy atom. The molecule has 2 aromatic carbocycles. The third-order valence-electron chi connectivity index (χ3n) is 5.04. The first-order valence-corrected chi connectivity index (χ1v) is 11.0. The number of benzene rings is 2. The SMILES string of the molecule is CCn1nccc1C(=O)Nc1cccc(NC(=O)c2ccc(COc3c(C)cccc3Cl)o2)c1. The van der Waals surface area contributed by atoms with E-state index < -0.39 is 5.91 Å². The van der Waals surface area contributed by atoms with E-state index in [1.165, 1.54) is 0 Å². The van der Waals surface area contributed by atoms with E-state index in [2.05, 4.69) is 15.7 Å². The Hall–Kier alpha value is -4.04. The average Bonchev–Trinajstić information content (AvgIpc) is 3.49. The molecule has 0 saturated heterocycles. The summed E-state index contributed by atoms with van der Waals surface area (Å²) in [5, 5.41) is 10.2. The molecular formula is C25H23ClN4O4. The van der Waals surface area contributed by atoms with E-state index in [0.717, 1.165) is 5.56 Å². The van der Waals surface area contributed by atoms with Crippen LogP contribution >= 0.6 is 11.6 Å². The normalized spacial score (nSPS) is 10.7. The van der Waals surface area contributed by atoms with E-state index >= 15 is 0 Å². The van der Waals surface area contributed by atoms with Crippen molar-refractivity contribution in [3.05, 3.63) is 94.7 Å². The van der Waals surface area contributed by atoms with Crippen LogP contribution in [0.15, 0.2) is 71.3 Å². The van der Waals surface area contributed by atoms with Gasteiger partial charge in [-0.2, -0.15) is 5.10 Å². The van der Waals surface area contributed by atoms with Gasteiger partial charge >= 0.3 is 0 Å². The van der Waals surface area contributed by atoms with Gasteiger partial charge in [0.1, 0.15) is 23.8 Å². The van der Waals surface area contributed by atoms with E-state index in [4.69, 9.17) is 20.8 Å². The molecule has 2 aromatic heterocycles. The second kappa shape index (κ2) is 10.3. The number of rotatable bonds is 8. The lowest BCUT2D eigenvalue weighted by Gasteiger charge is -2.10. The summed E-state index contributed by atoms with van der Waals surface area (Å²) in [6, 6.07) is 17.2. The number of ether oxygens (including phenoxy) is 1. The van der Waals surface area contributed by atoms with Gasteiger partial charge in [0.05, 0.1) is 5.02 Å². The van der Waals surface area contributed by atoms with E-state index in [-0.39, 0.29) is 18.3 Å². The minimum absolute atomic E-state index is 0.133. The van der Waals surface area contributed by atoms with E-state index in [0.29, 0.717) is 40.1 Å². The molecule has 0 radical (unpaired) electrons. The fourth-order valence-corrected chi connectivity index (χ4v) is 3.64. The van der Waals surface area contributed by atoms with Gasteiger partial charge in [0.25, 0.3) is 11.8 Å². The summed E-state index contributed by atoms with van der Waals surface area (Å²) in [4.78, 5) is 25.2. The van der Waals surface area contributed by atoms with Crippen LogP contribution in [0.1, 0.15) is 39.3 Å². The van der Waals surface area contributed by atoms with Gasteiger partial charge < -0.3 is 19.8 Å². The van der Waals surface area contributed by atoms with Gasteiger partial charge in [0.15, 0.2) is 5.76 Å². The molecule has 2 N–H and O–H groups in total. The van der Waals surface area contributed by atoms with Crippen LogP contribution in [0, 0.1) is 6.92 Å². The minimum Gasteiger partial charge on any atom is -0.484 e. The quantitative estimate of drug-likeness (QED) is 0.346. The summed E-state index contributed by atoms with van der Waals surface area (Å²) in [7, 11) is 0. The Labute approximate surface area is 201 Å². The molecule has 4 aromatic rings. The molecule has 2 heterocycles. The van der Waals surface area contributed by atoms with Crippen molar-refractivity contribution < 1.29 is 18.7 Å². The van der Waals surface area contributed by atoms with Gasteiger partial charge in [-0.25, -0.2) is 0 Å². The van der Waals surface area contributed by atoms with Crippen molar-refractivity contribution in [3.8, 4) is 5.75 Å². The molecule has 34 heavy (non-hydrogen) atoms. The van der Waals surface area contributed by atoms with Crippen LogP contribution in [0.4, 0.5) is 11.4 Å². The minimum atomic E-state index is -0.423. The van der Waals surface area contributed by atoms with Crippen LogP contribution in [0.5, 0.6) is 5.75 Å². The van der Waals surface area contributed by atoms with E-state index in [1.54, 1.807) is 59.4 Å². The highest BCUT2D eigenvalue weighted by molar-refractivity contribution is 6.32. The summed E-state index contributed by atoms with van der Waals surface area (Å²) < 4.78 is 13.0. The first-order chi connectivity index (χ1) is 16.4. The number of hydrogen-bond donors (Lipinski definition) is 2. The molecular weight excluding hydrogens is 456 g/mol. The third kappa shape index (κ3) is 5.29. The number of carbonyl (C=O) groups excluding carboxylic acids is 2. The molecule has 174 valence electrons. The van der Waals surface area contributed by atoms with Gasteiger partial charge in [-0.3, -0.25) is 14.3 Å². The molecule has 0 fully saturated rings. The zero-order valence-electron chi connectivity index (χ0n) is 18.7. The summed E-state index contributed by atoms with van der Waals surface area (Å²) in [5.74, 6) is 0.487. The van der Waals surface area contributed by atoms with Crippen LogP contribution in [0.2, 0.25) is 5.02 Å². The molecule has 0 bridgehead atoms. The number of nitrogens with zero attached hydrogens (tertiary/aromatic N) is 2. The monoisotopic (exact) mass is 478 g/mol. The number of furan rings is 1. The maximum atomic E-state index is 12.6. The highest BCUT2D eigenvalue weighted by atomic mass is 35.5. The maximum absolute atomic E-state index is 12.6. The summed E-state index contributed by atoms with van der Waals surface area (Å²) in [6.07, 6.45) is 1.58. The predicted molar refractivity (Wildman–Crippen MR) is 129 cm³/mol. The molecule has 0 aliphatic heterocycles. The standard InChI is InChI=1S/C25H23ClN4O4/c1-3-30-21(12-13-27-30)24(31)28-17-7-5-8-18(14-17)29-25(32)22-11-10-19(34-22)15-33-23-16(2)6-4-9-20(23)26/h4-14H,3,15H2,1-2H3,(H,28,31)(H,29,32). The first kappa shape index (κ1) is 23.1. The topological polar surface area (TPSA) is 98.4 Å². The van der Waals surface area contributed by atoms with Gasteiger partial charge in [0.2, 0.25) is 0 Å². The van der Waals surface area contributed by atoms with E-state index in [1.807, 2.05) is 26.0 Å². The average molecular weight is 479 g/mol. The van der Waals surface area contributed by atoms with Crippen LogP contribution in [0.3, 0.4) is 0 Å². The molecule has 0 saturated carbocycles. The Balaban J connectivity index is 1.38. The molecule has 9 heteroatoms. The van der Waals surface area contributed by atoms with Crippen LogP contribution in [0.25, 0.3) is 0 Å².